The average Bonchev–Trinajstić information content (AvgIpc) is 1.90. The molecule has 0 spiro atoms. The highest BCUT2D eigenvalue weighted by Gasteiger charge is 2.08. The summed E-state index contributed by atoms with van der Waals surface area (Å²) in [6.07, 6.45) is 5.16. The smallest absolute Gasteiger partial charge is 0.229 e. The SMILES string of the molecule is NC(=O)C1C=CCN=C1. The Morgan fingerprint density at radius 2 is 2.56 bits per heavy atom. The highest BCUT2D eigenvalue weighted by molar-refractivity contribution is 5.94. The minimum absolute atomic E-state index is 0.279. The van der Waals surface area contributed by atoms with Crippen molar-refractivity contribution in [3.63, 3.8) is 0 Å². The maximum absolute atomic E-state index is 10.4. The van der Waals surface area contributed by atoms with E-state index < -0.39 is 0 Å². The Kier molecular flexibility index (Phi) is 1.63. The average molecular weight is 124 g/mol. The van der Waals surface area contributed by atoms with Crippen LogP contribution < -0.4 is 5.73 Å². The fourth-order valence-corrected chi connectivity index (χ4v) is 0.661. The van der Waals surface area contributed by atoms with E-state index in [2.05, 4.69) is 4.99 Å². The first kappa shape index (κ1) is 6.01. The molecule has 0 aromatic carbocycles. The third-order valence-corrected chi connectivity index (χ3v) is 1.15. The number of hydrogen-bond acceptors (Lipinski definition) is 2. The van der Waals surface area contributed by atoms with Crippen molar-refractivity contribution < 1.29 is 4.79 Å². The molecule has 1 heterocycles. The summed E-state index contributed by atoms with van der Waals surface area (Å²) in [5, 5.41) is 0. The van der Waals surface area contributed by atoms with E-state index in [1.165, 1.54) is 0 Å². The number of hydrogen-bond donors (Lipinski definition) is 1. The first-order valence-electron chi connectivity index (χ1n) is 2.76. The Morgan fingerprint density at radius 3 is 2.89 bits per heavy atom. The van der Waals surface area contributed by atoms with E-state index in [0.717, 1.165) is 0 Å². The summed E-state index contributed by atoms with van der Waals surface area (Å²) in [7, 11) is 0. The van der Waals surface area contributed by atoms with Gasteiger partial charge in [0.1, 0.15) is 0 Å². The van der Waals surface area contributed by atoms with Gasteiger partial charge in [-0.05, 0) is 0 Å². The molecule has 3 nitrogen and oxygen atoms in total. The zero-order valence-corrected chi connectivity index (χ0v) is 4.95. The predicted molar refractivity (Wildman–Crippen MR) is 35.2 cm³/mol. The van der Waals surface area contributed by atoms with Crippen LogP contribution in [0.25, 0.3) is 0 Å². The minimum atomic E-state index is -0.338. The Balaban J connectivity index is 2.60. The van der Waals surface area contributed by atoms with Crippen molar-refractivity contribution >= 4 is 12.1 Å². The van der Waals surface area contributed by atoms with Crippen molar-refractivity contribution in [1.29, 1.82) is 0 Å². The van der Waals surface area contributed by atoms with E-state index in [4.69, 9.17) is 5.73 Å². The van der Waals surface area contributed by atoms with Gasteiger partial charge in [0.25, 0.3) is 0 Å². The van der Waals surface area contributed by atoms with Crippen LogP contribution in [0.15, 0.2) is 17.1 Å². The summed E-state index contributed by atoms with van der Waals surface area (Å²) in [4.78, 5) is 14.3. The molecule has 1 unspecified atom stereocenters. The monoisotopic (exact) mass is 124 g/mol. The van der Waals surface area contributed by atoms with Crippen LogP contribution in [0.2, 0.25) is 0 Å². The van der Waals surface area contributed by atoms with E-state index in [1.54, 1.807) is 12.3 Å². The first-order chi connectivity index (χ1) is 4.30. The standard InChI is InChI=1S/C6H8N2O/c7-6(9)5-2-1-3-8-4-5/h1-2,4-5H,3H2,(H2,7,9). The van der Waals surface area contributed by atoms with Gasteiger partial charge in [-0.15, -0.1) is 0 Å². The van der Waals surface area contributed by atoms with Crippen LogP contribution in [0.5, 0.6) is 0 Å². The van der Waals surface area contributed by atoms with Crippen LogP contribution in [0.1, 0.15) is 0 Å². The zero-order valence-electron chi connectivity index (χ0n) is 4.95. The number of nitrogens with zero attached hydrogens (tertiary/aromatic N) is 1. The highest BCUT2D eigenvalue weighted by Crippen LogP contribution is 1.98. The lowest BCUT2D eigenvalue weighted by molar-refractivity contribution is -0.118. The number of nitrogens with two attached hydrogens (primary N) is 1. The van der Waals surface area contributed by atoms with Gasteiger partial charge in [-0.2, -0.15) is 0 Å². The highest BCUT2D eigenvalue weighted by atomic mass is 16.1. The van der Waals surface area contributed by atoms with Crippen molar-refractivity contribution in [1.82, 2.24) is 0 Å². The van der Waals surface area contributed by atoms with Crippen molar-refractivity contribution in [3.8, 4) is 0 Å². The molecule has 9 heavy (non-hydrogen) atoms. The molecule has 0 aromatic heterocycles. The molecule has 48 valence electrons. The van der Waals surface area contributed by atoms with Gasteiger partial charge in [0, 0.05) is 6.21 Å². The zero-order chi connectivity index (χ0) is 6.69. The normalized spacial score (nSPS) is 24.2. The molecule has 0 bridgehead atoms. The Morgan fingerprint density at radius 1 is 1.78 bits per heavy atom. The van der Waals surface area contributed by atoms with Crippen molar-refractivity contribution in [2.75, 3.05) is 6.54 Å². The second-order valence-corrected chi connectivity index (χ2v) is 1.87. The molecule has 1 aliphatic rings. The minimum Gasteiger partial charge on any atom is -0.369 e. The molecule has 0 aliphatic carbocycles. The Hall–Kier alpha value is -1.12. The van der Waals surface area contributed by atoms with Gasteiger partial charge in [0.2, 0.25) is 5.91 Å². The van der Waals surface area contributed by atoms with Gasteiger partial charge in [-0.1, -0.05) is 12.2 Å². The molecular formula is C6H8N2O. The van der Waals surface area contributed by atoms with E-state index in [9.17, 15) is 4.79 Å². The van der Waals surface area contributed by atoms with Crippen LogP contribution in [0.4, 0.5) is 0 Å². The Bertz CT molecular complexity index is 160. The molecule has 2 N–H and O–H groups in total. The number of rotatable bonds is 1. The van der Waals surface area contributed by atoms with Crippen molar-refractivity contribution in [3.05, 3.63) is 12.2 Å². The lowest BCUT2D eigenvalue weighted by Gasteiger charge is -2.03. The Labute approximate surface area is 53.3 Å². The number of primary amides is 1. The fourth-order valence-electron chi connectivity index (χ4n) is 0.661. The number of aliphatic imine (C=N–C) groups is 1. The molecule has 1 atom stereocenters. The molecular weight excluding hydrogens is 116 g/mol. The maximum Gasteiger partial charge on any atom is 0.229 e. The number of dihydropyridines is 1. The van der Waals surface area contributed by atoms with Crippen LogP contribution in [0.3, 0.4) is 0 Å². The van der Waals surface area contributed by atoms with E-state index in [0.29, 0.717) is 6.54 Å². The van der Waals surface area contributed by atoms with Crippen LogP contribution in [-0.4, -0.2) is 18.7 Å². The quantitative estimate of drug-likeness (QED) is 0.480. The van der Waals surface area contributed by atoms with Crippen LogP contribution >= 0.6 is 0 Å². The molecule has 0 aromatic rings. The fraction of sp³-hybridized carbons (Fsp3) is 0.333. The molecule has 0 saturated carbocycles. The lowest BCUT2D eigenvalue weighted by Crippen LogP contribution is -2.23. The topological polar surface area (TPSA) is 55.5 Å². The van der Waals surface area contributed by atoms with Gasteiger partial charge < -0.3 is 5.73 Å². The number of carbonyl (C=O) groups excluding carboxylic acids is 1. The third-order valence-electron chi connectivity index (χ3n) is 1.15. The summed E-state index contributed by atoms with van der Waals surface area (Å²) < 4.78 is 0. The molecule has 1 amide bonds. The van der Waals surface area contributed by atoms with Gasteiger partial charge in [-0.25, -0.2) is 0 Å². The third kappa shape index (κ3) is 1.38. The van der Waals surface area contributed by atoms with Crippen LogP contribution in [-0.2, 0) is 4.79 Å². The van der Waals surface area contributed by atoms with E-state index in [-0.39, 0.29) is 11.8 Å². The lowest BCUT2D eigenvalue weighted by atomic mass is 10.1. The predicted octanol–water partition coefficient (Wildman–Crippen LogP) is -0.272. The van der Waals surface area contributed by atoms with E-state index >= 15 is 0 Å². The summed E-state index contributed by atoms with van der Waals surface area (Å²) in [6, 6.07) is 0. The summed E-state index contributed by atoms with van der Waals surface area (Å²) in [6.45, 7) is 0.670. The first-order valence-corrected chi connectivity index (χ1v) is 2.76. The van der Waals surface area contributed by atoms with Crippen molar-refractivity contribution in [2.24, 2.45) is 16.6 Å². The second kappa shape index (κ2) is 2.44. The van der Waals surface area contributed by atoms with Gasteiger partial charge in [0.05, 0.1) is 12.5 Å². The molecule has 1 aliphatic heterocycles. The van der Waals surface area contributed by atoms with Crippen LogP contribution in [0, 0.1) is 5.92 Å². The van der Waals surface area contributed by atoms with Gasteiger partial charge >= 0.3 is 0 Å². The van der Waals surface area contributed by atoms with Gasteiger partial charge in [-0.3, -0.25) is 9.79 Å². The number of amides is 1. The van der Waals surface area contributed by atoms with E-state index in [1.807, 2.05) is 6.08 Å². The maximum atomic E-state index is 10.4. The molecule has 0 fully saturated rings. The molecule has 3 heteroatoms. The van der Waals surface area contributed by atoms with Crippen molar-refractivity contribution in [2.45, 2.75) is 0 Å². The second-order valence-electron chi connectivity index (χ2n) is 1.87. The summed E-state index contributed by atoms with van der Waals surface area (Å²) >= 11 is 0. The molecule has 1 rings (SSSR count). The largest absolute Gasteiger partial charge is 0.369 e. The molecule has 0 saturated heterocycles. The van der Waals surface area contributed by atoms with Gasteiger partial charge in [0.15, 0.2) is 0 Å². The summed E-state index contributed by atoms with van der Waals surface area (Å²) in [5.41, 5.74) is 4.99. The molecule has 0 radical (unpaired) electrons. The summed E-state index contributed by atoms with van der Waals surface area (Å²) in [5.74, 6) is -0.617. The number of carbonyl (C=O) groups is 1.